The Morgan fingerprint density at radius 3 is 3.00 bits per heavy atom. The molecule has 0 aromatic heterocycles. The number of carbonyl (C=O) groups is 1. The van der Waals surface area contributed by atoms with Crippen molar-refractivity contribution >= 4 is 11.6 Å². The Balaban J connectivity index is 1.81. The average Bonchev–Trinajstić information content (AvgIpc) is 2.85. The Bertz CT molecular complexity index is 622. The van der Waals surface area contributed by atoms with E-state index in [-0.39, 0.29) is 18.1 Å². The van der Waals surface area contributed by atoms with Gasteiger partial charge in [-0.2, -0.15) is 0 Å². The number of amides is 1. The highest BCUT2D eigenvalue weighted by Crippen LogP contribution is 2.28. The summed E-state index contributed by atoms with van der Waals surface area (Å²) in [6.07, 6.45) is 1.11. The van der Waals surface area contributed by atoms with Crippen LogP contribution in [0.1, 0.15) is 11.1 Å². The fraction of sp³-hybridized carbons (Fsp3) is 0.188. The fourth-order valence-corrected chi connectivity index (χ4v) is 2.45. The number of carbonyl (C=O) groups excluding carboxylic acids is 1. The molecule has 0 unspecified atom stereocenters. The quantitative estimate of drug-likeness (QED) is 0.891. The van der Waals surface area contributed by atoms with Crippen molar-refractivity contribution in [2.75, 3.05) is 11.4 Å². The molecule has 0 fully saturated rings. The van der Waals surface area contributed by atoms with Gasteiger partial charge in [0.05, 0.1) is 6.42 Å². The zero-order valence-electron chi connectivity index (χ0n) is 10.5. The third-order valence-electron chi connectivity index (χ3n) is 3.46. The Hall–Kier alpha value is -2.29. The van der Waals surface area contributed by atoms with Crippen LogP contribution in [0.5, 0.6) is 5.75 Å². The van der Waals surface area contributed by atoms with Gasteiger partial charge in [-0.05, 0) is 30.2 Å². The summed E-state index contributed by atoms with van der Waals surface area (Å²) in [7, 11) is 0. The van der Waals surface area contributed by atoms with Crippen LogP contribution in [0, 0.1) is 6.07 Å². The van der Waals surface area contributed by atoms with Gasteiger partial charge in [0.2, 0.25) is 5.91 Å². The molecule has 19 heavy (non-hydrogen) atoms. The third-order valence-corrected chi connectivity index (χ3v) is 3.46. The standard InChI is InChI=1S/C16H14NO2/c18-15-8-4-2-6-13(15)11-16(19)17-10-9-12-5-1-3-7-14(12)17/h1-2,4-8,18H,9-11H2. The third kappa shape index (κ3) is 2.19. The van der Waals surface area contributed by atoms with Crippen LogP contribution in [0.3, 0.4) is 0 Å². The maximum absolute atomic E-state index is 12.3. The number of phenolic OH excluding ortho intramolecular Hbond substituents is 1. The Morgan fingerprint density at radius 2 is 2.16 bits per heavy atom. The summed E-state index contributed by atoms with van der Waals surface area (Å²) in [5, 5.41) is 9.72. The number of anilines is 1. The molecule has 3 nitrogen and oxygen atoms in total. The molecule has 1 heterocycles. The highest BCUT2D eigenvalue weighted by Gasteiger charge is 2.24. The van der Waals surface area contributed by atoms with Gasteiger partial charge in [-0.25, -0.2) is 0 Å². The number of rotatable bonds is 2. The van der Waals surface area contributed by atoms with E-state index < -0.39 is 0 Å². The molecule has 2 aromatic rings. The zero-order chi connectivity index (χ0) is 13.2. The minimum absolute atomic E-state index is 0.0138. The van der Waals surface area contributed by atoms with Gasteiger partial charge in [-0.15, -0.1) is 0 Å². The lowest BCUT2D eigenvalue weighted by Gasteiger charge is -2.17. The second kappa shape index (κ2) is 4.76. The predicted molar refractivity (Wildman–Crippen MR) is 73.1 cm³/mol. The van der Waals surface area contributed by atoms with E-state index in [1.54, 1.807) is 23.1 Å². The van der Waals surface area contributed by atoms with Crippen LogP contribution in [-0.4, -0.2) is 17.6 Å². The summed E-state index contributed by atoms with van der Waals surface area (Å²) < 4.78 is 0. The van der Waals surface area contributed by atoms with Crippen LogP contribution in [0.25, 0.3) is 0 Å². The van der Waals surface area contributed by atoms with Gasteiger partial charge in [0.15, 0.2) is 0 Å². The molecule has 95 valence electrons. The molecule has 1 aliphatic rings. The molecule has 3 rings (SSSR count). The summed E-state index contributed by atoms with van der Waals surface area (Å²) in [6.45, 7) is 0.708. The number of fused-ring (bicyclic) bond motifs is 1. The van der Waals surface area contributed by atoms with Crippen molar-refractivity contribution in [2.24, 2.45) is 0 Å². The minimum atomic E-state index is 0.0138. The van der Waals surface area contributed by atoms with E-state index in [2.05, 4.69) is 6.07 Å². The van der Waals surface area contributed by atoms with Gasteiger partial charge in [0.1, 0.15) is 5.75 Å². The van der Waals surface area contributed by atoms with Gasteiger partial charge in [-0.1, -0.05) is 30.3 Å². The number of para-hydroxylation sites is 1. The Morgan fingerprint density at radius 1 is 1.32 bits per heavy atom. The zero-order valence-corrected chi connectivity index (χ0v) is 10.5. The number of benzene rings is 2. The monoisotopic (exact) mass is 252 g/mol. The first-order valence-electron chi connectivity index (χ1n) is 6.32. The maximum atomic E-state index is 12.3. The Kier molecular flexibility index (Phi) is 2.95. The topological polar surface area (TPSA) is 40.5 Å². The van der Waals surface area contributed by atoms with Crippen LogP contribution < -0.4 is 4.90 Å². The lowest BCUT2D eigenvalue weighted by molar-refractivity contribution is -0.117. The van der Waals surface area contributed by atoms with Crippen LogP contribution in [-0.2, 0) is 17.6 Å². The molecular weight excluding hydrogens is 238 g/mol. The summed E-state index contributed by atoms with van der Waals surface area (Å²) >= 11 is 0. The summed E-state index contributed by atoms with van der Waals surface area (Å²) in [6, 6.07) is 15.7. The minimum Gasteiger partial charge on any atom is -0.508 e. The van der Waals surface area contributed by atoms with E-state index in [0.29, 0.717) is 12.1 Å². The van der Waals surface area contributed by atoms with E-state index in [1.807, 2.05) is 24.3 Å². The largest absolute Gasteiger partial charge is 0.508 e. The van der Waals surface area contributed by atoms with Gasteiger partial charge in [-0.3, -0.25) is 4.79 Å². The summed E-state index contributed by atoms with van der Waals surface area (Å²) in [4.78, 5) is 14.1. The molecule has 0 saturated carbocycles. The number of hydrogen-bond acceptors (Lipinski definition) is 2. The smallest absolute Gasteiger partial charge is 0.231 e. The first-order valence-corrected chi connectivity index (χ1v) is 6.32. The molecule has 0 atom stereocenters. The maximum Gasteiger partial charge on any atom is 0.231 e. The number of hydrogen-bond donors (Lipinski definition) is 1. The van der Waals surface area contributed by atoms with Crippen molar-refractivity contribution < 1.29 is 9.90 Å². The lowest BCUT2D eigenvalue weighted by Crippen LogP contribution is -2.30. The lowest BCUT2D eigenvalue weighted by atomic mass is 10.1. The van der Waals surface area contributed by atoms with Gasteiger partial charge in [0.25, 0.3) is 0 Å². The highest BCUT2D eigenvalue weighted by molar-refractivity contribution is 5.96. The normalized spacial score (nSPS) is 13.4. The molecule has 0 aliphatic carbocycles. The van der Waals surface area contributed by atoms with Crippen molar-refractivity contribution in [3.05, 3.63) is 59.7 Å². The SMILES string of the molecule is O=C(Cc1ccccc1O)N1CCc2cc[c]cc21. The van der Waals surface area contributed by atoms with E-state index in [4.69, 9.17) is 0 Å². The summed E-state index contributed by atoms with van der Waals surface area (Å²) in [5.41, 5.74) is 2.80. The van der Waals surface area contributed by atoms with E-state index in [1.165, 1.54) is 5.56 Å². The molecule has 0 saturated heterocycles. The average molecular weight is 252 g/mol. The van der Waals surface area contributed by atoms with Crippen molar-refractivity contribution in [1.29, 1.82) is 0 Å². The first-order chi connectivity index (χ1) is 9.25. The molecule has 0 bridgehead atoms. The van der Waals surface area contributed by atoms with Crippen molar-refractivity contribution in [2.45, 2.75) is 12.8 Å². The molecular formula is C16H14NO2. The number of aromatic hydroxyl groups is 1. The number of nitrogens with zero attached hydrogens (tertiary/aromatic N) is 1. The fourth-order valence-electron chi connectivity index (χ4n) is 2.45. The molecule has 3 heteroatoms. The van der Waals surface area contributed by atoms with Gasteiger partial charge in [0, 0.05) is 17.8 Å². The van der Waals surface area contributed by atoms with Crippen molar-refractivity contribution in [3.8, 4) is 5.75 Å². The van der Waals surface area contributed by atoms with Gasteiger partial charge < -0.3 is 10.0 Å². The molecule has 1 radical (unpaired) electrons. The second-order valence-corrected chi connectivity index (χ2v) is 4.66. The van der Waals surface area contributed by atoms with Crippen LogP contribution in [0.15, 0.2) is 42.5 Å². The van der Waals surface area contributed by atoms with Gasteiger partial charge >= 0.3 is 0 Å². The number of phenols is 1. The second-order valence-electron chi connectivity index (χ2n) is 4.66. The van der Waals surface area contributed by atoms with Crippen LogP contribution in [0.2, 0.25) is 0 Å². The van der Waals surface area contributed by atoms with E-state index >= 15 is 0 Å². The van der Waals surface area contributed by atoms with Crippen LogP contribution in [0.4, 0.5) is 5.69 Å². The highest BCUT2D eigenvalue weighted by atomic mass is 16.3. The first kappa shape index (κ1) is 11.8. The Labute approximate surface area is 112 Å². The van der Waals surface area contributed by atoms with E-state index in [9.17, 15) is 9.90 Å². The van der Waals surface area contributed by atoms with E-state index in [0.717, 1.165) is 12.1 Å². The molecule has 1 N–H and O–H groups in total. The molecule has 1 aliphatic heterocycles. The van der Waals surface area contributed by atoms with Crippen molar-refractivity contribution in [3.63, 3.8) is 0 Å². The molecule has 2 aromatic carbocycles. The molecule has 0 spiro atoms. The molecule has 1 amide bonds. The van der Waals surface area contributed by atoms with Crippen LogP contribution >= 0.6 is 0 Å². The summed E-state index contributed by atoms with van der Waals surface area (Å²) in [5.74, 6) is 0.190. The predicted octanol–water partition coefficient (Wildman–Crippen LogP) is 2.32. The van der Waals surface area contributed by atoms with Crippen molar-refractivity contribution in [1.82, 2.24) is 0 Å².